The molecule has 0 saturated heterocycles. The first-order chi connectivity index (χ1) is 15.9. The fourth-order valence-corrected chi connectivity index (χ4v) is 9.45. The van der Waals surface area contributed by atoms with E-state index in [-0.39, 0.29) is 0 Å². The van der Waals surface area contributed by atoms with Crippen LogP contribution in [-0.2, 0) is 9.47 Å². The normalized spacial score (nSPS) is 42.7. The number of fused-ring (bicyclic) bond motifs is 5. The van der Waals surface area contributed by atoms with E-state index in [0.29, 0.717) is 16.9 Å². The van der Waals surface area contributed by atoms with Crippen molar-refractivity contribution in [3.63, 3.8) is 0 Å². The van der Waals surface area contributed by atoms with Gasteiger partial charge in [0.25, 0.3) is 0 Å². The van der Waals surface area contributed by atoms with Gasteiger partial charge in [0.2, 0.25) is 0 Å². The van der Waals surface area contributed by atoms with Gasteiger partial charge < -0.3 is 9.47 Å². The number of hydrogen-bond acceptors (Lipinski definition) is 2. The fourth-order valence-electron chi connectivity index (χ4n) is 9.45. The van der Waals surface area contributed by atoms with Gasteiger partial charge in [-0.1, -0.05) is 47.0 Å². The van der Waals surface area contributed by atoms with E-state index in [9.17, 15) is 0 Å². The van der Waals surface area contributed by atoms with E-state index in [4.69, 9.17) is 9.47 Å². The molecule has 4 rings (SSSR count). The Morgan fingerprint density at radius 3 is 2.39 bits per heavy atom. The number of ether oxygens (including phenoxy) is 2. The lowest BCUT2D eigenvalue weighted by Crippen LogP contribution is -2.54. The maximum absolute atomic E-state index is 6.34. The van der Waals surface area contributed by atoms with Crippen LogP contribution in [0.15, 0.2) is 0 Å². The van der Waals surface area contributed by atoms with Crippen molar-refractivity contribution in [1.29, 1.82) is 0 Å². The van der Waals surface area contributed by atoms with E-state index in [0.717, 1.165) is 61.7 Å². The first-order valence-corrected chi connectivity index (χ1v) is 15.1. The van der Waals surface area contributed by atoms with E-state index in [1.165, 1.54) is 77.0 Å². The second-order valence-electron chi connectivity index (χ2n) is 13.5. The highest BCUT2D eigenvalue weighted by molar-refractivity contribution is 5.09. The minimum Gasteiger partial charge on any atom is -0.382 e. The van der Waals surface area contributed by atoms with Gasteiger partial charge in [0.15, 0.2) is 0 Å². The zero-order chi connectivity index (χ0) is 23.5. The molecule has 0 amide bonds. The highest BCUT2D eigenvalue weighted by atomic mass is 16.5. The quantitative estimate of drug-likeness (QED) is 0.287. The Kier molecular flexibility index (Phi) is 8.92. The summed E-state index contributed by atoms with van der Waals surface area (Å²) in [6.45, 7) is 14.8. The summed E-state index contributed by atoms with van der Waals surface area (Å²) in [6.07, 6.45) is 20.6. The van der Waals surface area contributed by atoms with Crippen LogP contribution in [0.3, 0.4) is 0 Å². The number of hydrogen-bond donors (Lipinski definition) is 0. The average Bonchev–Trinajstić information content (AvgIpc) is 3.13. The SMILES string of the molecule is CCOCCCOC1CCC2(C)C(CCC3C4CCC(CCCCC(C)C)C4(C)CCC32)C1. The molecule has 0 heterocycles. The van der Waals surface area contributed by atoms with E-state index < -0.39 is 0 Å². The Hall–Kier alpha value is -0.0800. The largest absolute Gasteiger partial charge is 0.382 e. The minimum atomic E-state index is 0.511. The molecule has 0 aromatic rings. The molecular formula is C31H56O2. The summed E-state index contributed by atoms with van der Waals surface area (Å²) in [7, 11) is 0. The van der Waals surface area contributed by atoms with Crippen molar-refractivity contribution < 1.29 is 9.47 Å². The summed E-state index contributed by atoms with van der Waals surface area (Å²) in [5.74, 6) is 5.83. The maximum atomic E-state index is 6.34. The summed E-state index contributed by atoms with van der Waals surface area (Å²) in [5.41, 5.74) is 1.24. The third-order valence-electron chi connectivity index (χ3n) is 11.4. The van der Waals surface area contributed by atoms with Gasteiger partial charge in [0, 0.05) is 19.8 Å². The Labute approximate surface area is 206 Å². The van der Waals surface area contributed by atoms with Crippen LogP contribution in [0, 0.1) is 46.3 Å². The highest BCUT2D eigenvalue weighted by Gasteiger charge is 2.59. The average molecular weight is 461 g/mol. The van der Waals surface area contributed by atoms with Crippen LogP contribution in [0.2, 0.25) is 0 Å². The highest BCUT2D eigenvalue weighted by Crippen LogP contribution is 2.68. The summed E-state index contributed by atoms with van der Waals surface area (Å²) >= 11 is 0. The molecule has 2 nitrogen and oxygen atoms in total. The zero-order valence-corrected chi connectivity index (χ0v) is 22.9. The van der Waals surface area contributed by atoms with E-state index in [1.807, 2.05) is 0 Å². The molecule has 0 aliphatic heterocycles. The van der Waals surface area contributed by atoms with Gasteiger partial charge in [-0.2, -0.15) is 0 Å². The van der Waals surface area contributed by atoms with Gasteiger partial charge in [-0.3, -0.25) is 0 Å². The molecule has 4 saturated carbocycles. The van der Waals surface area contributed by atoms with Crippen LogP contribution in [0.4, 0.5) is 0 Å². The molecule has 4 aliphatic carbocycles. The molecule has 0 bridgehead atoms. The van der Waals surface area contributed by atoms with Crippen molar-refractivity contribution >= 4 is 0 Å². The van der Waals surface area contributed by atoms with Gasteiger partial charge >= 0.3 is 0 Å². The van der Waals surface area contributed by atoms with Crippen LogP contribution < -0.4 is 0 Å². The molecular weight excluding hydrogens is 404 g/mol. The van der Waals surface area contributed by atoms with Crippen molar-refractivity contribution in [2.75, 3.05) is 19.8 Å². The van der Waals surface area contributed by atoms with Gasteiger partial charge in [0.05, 0.1) is 6.10 Å². The maximum Gasteiger partial charge on any atom is 0.0578 e. The topological polar surface area (TPSA) is 18.5 Å². The fraction of sp³-hybridized carbons (Fsp3) is 1.00. The standard InChI is InChI=1S/C31H56O2/c1-6-32-20-9-21-33-26-16-18-31(5)25(22-26)12-14-27-28-15-13-24(11-8-7-10-23(2)3)30(28,4)19-17-29(27)31/h23-29H,6-22H2,1-5H3. The van der Waals surface area contributed by atoms with Gasteiger partial charge in [-0.15, -0.1) is 0 Å². The lowest BCUT2D eigenvalue weighted by Gasteiger charge is -2.61. The Morgan fingerprint density at radius 1 is 0.818 bits per heavy atom. The molecule has 33 heavy (non-hydrogen) atoms. The first-order valence-electron chi connectivity index (χ1n) is 15.1. The summed E-state index contributed by atoms with van der Waals surface area (Å²) < 4.78 is 11.8. The van der Waals surface area contributed by atoms with Crippen LogP contribution in [0.25, 0.3) is 0 Å². The van der Waals surface area contributed by atoms with Crippen LogP contribution >= 0.6 is 0 Å². The van der Waals surface area contributed by atoms with Gasteiger partial charge in [-0.05, 0) is 124 Å². The van der Waals surface area contributed by atoms with Crippen LogP contribution in [0.1, 0.15) is 125 Å². The van der Waals surface area contributed by atoms with Crippen molar-refractivity contribution in [3.05, 3.63) is 0 Å². The molecule has 8 unspecified atom stereocenters. The van der Waals surface area contributed by atoms with E-state index in [1.54, 1.807) is 6.42 Å². The third kappa shape index (κ3) is 5.52. The first kappa shape index (κ1) is 26.0. The molecule has 4 fully saturated rings. The molecule has 0 aromatic carbocycles. The van der Waals surface area contributed by atoms with Gasteiger partial charge in [-0.25, -0.2) is 0 Å². The van der Waals surface area contributed by atoms with Crippen molar-refractivity contribution in [1.82, 2.24) is 0 Å². The van der Waals surface area contributed by atoms with Crippen molar-refractivity contribution in [2.24, 2.45) is 46.3 Å². The lowest BCUT2D eigenvalue weighted by atomic mass is 9.44. The lowest BCUT2D eigenvalue weighted by molar-refractivity contribution is -0.135. The predicted molar refractivity (Wildman–Crippen MR) is 139 cm³/mol. The summed E-state index contributed by atoms with van der Waals surface area (Å²) in [6, 6.07) is 0. The predicted octanol–water partition coefficient (Wildman–Crippen LogP) is 8.67. The molecule has 192 valence electrons. The van der Waals surface area contributed by atoms with E-state index in [2.05, 4.69) is 34.6 Å². The summed E-state index contributed by atoms with van der Waals surface area (Å²) in [4.78, 5) is 0. The molecule has 0 aromatic heterocycles. The smallest absolute Gasteiger partial charge is 0.0578 e. The van der Waals surface area contributed by atoms with Gasteiger partial charge in [0.1, 0.15) is 0 Å². The second kappa shape index (κ2) is 11.3. The molecule has 0 N–H and O–H groups in total. The monoisotopic (exact) mass is 460 g/mol. The zero-order valence-electron chi connectivity index (χ0n) is 22.9. The Bertz CT molecular complexity index is 602. The van der Waals surface area contributed by atoms with E-state index >= 15 is 0 Å². The molecule has 0 spiro atoms. The summed E-state index contributed by atoms with van der Waals surface area (Å²) in [5, 5.41) is 0. The molecule has 8 atom stereocenters. The number of unbranched alkanes of at least 4 members (excludes halogenated alkanes) is 1. The molecule has 2 heteroatoms. The van der Waals surface area contributed by atoms with Crippen LogP contribution in [0.5, 0.6) is 0 Å². The number of rotatable bonds is 11. The Balaban J connectivity index is 1.31. The minimum absolute atomic E-state index is 0.511. The van der Waals surface area contributed by atoms with Crippen LogP contribution in [-0.4, -0.2) is 25.9 Å². The van der Waals surface area contributed by atoms with Crippen molar-refractivity contribution in [2.45, 2.75) is 131 Å². The molecule has 0 radical (unpaired) electrons. The third-order valence-corrected chi connectivity index (χ3v) is 11.4. The molecule has 4 aliphatic rings. The van der Waals surface area contributed by atoms with Crippen molar-refractivity contribution in [3.8, 4) is 0 Å². The second-order valence-corrected chi connectivity index (χ2v) is 13.5. The Morgan fingerprint density at radius 2 is 1.61 bits per heavy atom.